The molecule has 1 N–H and O–H groups in total. The van der Waals surface area contributed by atoms with Gasteiger partial charge in [0, 0.05) is 31.2 Å². The summed E-state index contributed by atoms with van der Waals surface area (Å²) in [5.74, 6) is -1.39. The van der Waals surface area contributed by atoms with Crippen LogP contribution >= 0.6 is 0 Å². The van der Waals surface area contributed by atoms with Gasteiger partial charge < -0.3 is 23.7 Å². The fourth-order valence-electron chi connectivity index (χ4n) is 3.13. The zero-order valence-corrected chi connectivity index (χ0v) is 21.3. The maximum Gasteiger partial charge on any atom is 0.510 e. The van der Waals surface area contributed by atoms with Crippen LogP contribution in [0.1, 0.15) is 26.6 Å². The lowest BCUT2D eigenvalue weighted by Gasteiger charge is -2.30. The van der Waals surface area contributed by atoms with E-state index < -0.39 is 29.8 Å². The van der Waals surface area contributed by atoms with Crippen molar-refractivity contribution in [3.63, 3.8) is 0 Å². The van der Waals surface area contributed by atoms with E-state index in [1.165, 1.54) is 32.6 Å². The van der Waals surface area contributed by atoms with Gasteiger partial charge in [-0.1, -0.05) is 0 Å². The normalized spacial score (nSPS) is 12.0. The Labute approximate surface area is 218 Å². The van der Waals surface area contributed by atoms with Gasteiger partial charge in [0.2, 0.25) is 17.4 Å². The SMILES string of the molecule is CN(C(=O)OCCOC(=O)OCn1cnc(-c2c(-c3n[nH]c(C(F)(F)F)n3)nc3ncccn23)c1)C(C)(C)C. The van der Waals surface area contributed by atoms with Crippen molar-refractivity contribution in [1.29, 1.82) is 0 Å². The first kappa shape index (κ1) is 27.3. The third-order valence-corrected chi connectivity index (χ3v) is 5.39. The first-order valence-electron chi connectivity index (χ1n) is 11.4. The maximum absolute atomic E-state index is 13.0. The third-order valence-electron chi connectivity index (χ3n) is 5.39. The number of amides is 1. The number of hydrogen-bond donors (Lipinski definition) is 1. The molecule has 4 aromatic heterocycles. The predicted molar refractivity (Wildman–Crippen MR) is 126 cm³/mol. The number of nitrogens with one attached hydrogen (secondary N) is 1. The number of halogens is 3. The monoisotopic (exact) mass is 551 g/mol. The van der Waals surface area contributed by atoms with E-state index >= 15 is 0 Å². The molecule has 0 fully saturated rings. The van der Waals surface area contributed by atoms with Gasteiger partial charge in [0.25, 0.3) is 0 Å². The molecule has 0 saturated heterocycles. The molecule has 0 aliphatic rings. The summed E-state index contributed by atoms with van der Waals surface area (Å²) in [6.07, 6.45) is -0.403. The largest absolute Gasteiger partial charge is 0.510 e. The van der Waals surface area contributed by atoms with Gasteiger partial charge in [0.15, 0.2) is 6.73 Å². The number of rotatable bonds is 7. The van der Waals surface area contributed by atoms with Crippen molar-refractivity contribution in [3.8, 4) is 22.9 Å². The van der Waals surface area contributed by atoms with Crippen LogP contribution in [-0.2, 0) is 27.1 Å². The molecule has 0 unspecified atom stereocenters. The lowest BCUT2D eigenvalue weighted by molar-refractivity contribution is -0.144. The number of aromatic nitrogens is 8. The van der Waals surface area contributed by atoms with Gasteiger partial charge in [0.1, 0.15) is 30.3 Å². The molecule has 0 aliphatic heterocycles. The Morgan fingerprint density at radius 1 is 1.08 bits per heavy atom. The van der Waals surface area contributed by atoms with Crippen LogP contribution in [0.4, 0.5) is 22.8 Å². The molecule has 0 bridgehead atoms. The van der Waals surface area contributed by atoms with Gasteiger partial charge in [-0.3, -0.25) is 9.50 Å². The van der Waals surface area contributed by atoms with Crippen LogP contribution < -0.4 is 0 Å². The Bertz CT molecular complexity index is 1470. The Morgan fingerprint density at radius 3 is 2.51 bits per heavy atom. The predicted octanol–water partition coefficient (Wildman–Crippen LogP) is 3.37. The maximum atomic E-state index is 13.0. The highest BCUT2D eigenvalue weighted by atomic mass is 19.4. The first-order chi connectivity index (χ1) is 18.3. The van der Waals surface area contributed by atoms with E-state index in [-0.39, 0.29) is 48.6 Å². The molecule has 14 nitrogen and oxygen atoms in total. The Kier molecular flexibility index (Phi) is 7.42. The van der Waals surface area contributed by atoms with Gasteiger partial charge >= 0.3 is 18.4 Å². The molecule has 1 amide bonds. The van der Waals surface area contributed by atoms with Crippen molar-refractivity contribution in [2.45, 2.75) is 39.2 Å². The highest BCUT2D eigenvalue weighted by molar-refractivity contribution is 5.76. The van der Waals surface area contributed by atoms with E-state index in [0.29, 0.717) is 0 Å². The lowest BCUT2D eigenvalue weighted by Crippen LogP contribution is -2.43. The minimum absolute atomic E-state index is 0.0117. The Balaban J connectivity index is 1.40. The van der Waals surface area contributed by atoms with E-state index in [9.17, 15) is 22.8 Å². The summed E-state index contributed by atoms with van der Waals surface area (Å²) in [7, 11) is 1.59. The van der Waals surface area contributed by atoms with Crippen molar-refractivity contribution >= 4 is 18.0 Å². The van der Waals surface area contributed by atoms with E-state index in [0.717, 1.165) is 0 Å². The van der Waals surface area contributed by atoms with Crippen molar-refractivity contribution in [3.05, 3.63) is 36.8 Å². The third kappa shape index (κ3) is 6.24. The zero-order valence-electron chi connectivity index (χ0n) is 21.3. The standard InChI is InChI=1S/C22H24F3N9O5/c1-21(2,3)32(4)19(35)37-8-9-38-20(36)39-12-33-10-13(27-11-33)15-14(28-18-26-6-5-7-34(15)18)16-29-17(31-30-16)22(23,24)25/h5-7,10-11H,8-9,12H2,1-4H3,(H,29,30,31). The van der Waals surface area contributed by atoms with Gasteiger partial charge in [-0.15, -0.1) is 0 Å². The van der Waals surface area contributed by atoms with Crippen LogP contribution in [0, 0.1) is 0 Å². The number of carbonyl (C=O) groups excluding carboxylic acids is 2. The molecule has 39 heavy (non-hydrogen) atoms. The van der Waals surface area contributed by atoms with E-state index in [1.54, 1.807) is 19.3 Å². The number of nitrogens with zero attached hydrogens (tertiary/aromatic N) is 8. The molecule has 0 aromatic carbocycles. The molecule has 17 heteroatoms. The topological polar surface area (TPSA) is 155 Å². The average Bonchev–Trinajstić information content (AvgIpc) is 3.61. The number of hydrogen-bond acceptors (Lipinski definition) is 10. The molecule has 0 radical (unpaired) electrons. The molecule has 0 atom stereocenters. The summed E-state index contributed by atoms with van der Waals surface area (Å²) < 4.78 is 57.0. The minimum Gasteiger partial charge on any atom is -0.446 e. The van der Waals surface area contributed by atoms with Crippen LogP contribution in [0.3, 0.4) is 0 Å². The summed E-state index contributed by atoms with van der Waals surface area (Å²) >= 11 is 0. The van der Waals surface area contributed by atoms with Crippen LogP contribution in [0.15, 0.2) is 31.0 Å². The van der Waals surface area contributed by atoms with Crippen molar-refractivity contribution in [2.24, 2.45) is 0 Å². The molecule has 4 aromatic rings. The molecular formula is C22H24F3N9O5. The lowest BCUT2D eigenvalue weighted by atomic mass is 10.1. The molecule has 4 heterocycles. The summed E-state index contributed by atoms with van der Waals surface area (Å²) in [5.41, 5.74) is 0.129. The first-order valence-corrected chi connectivity index (χ1v) is 11.4. The van der Waals surface area contributed by atoms with E-state index in [2.05, 4.69) is 25.0 Å². The fraction of sp³-hybridized carbons (Fsp3) is 0.409. The van der Waals surface area contributed by atoms with E-state index in [1.807, 2.05) is 25.9 Å². The molecule has 0 aliphatic carbocycles. The Hall–Kier alpha value is -4.70. The van der Waals surface area contributed by atoms with Crippen LogP contribution in [0.2, 0.25) is 0 Å². The summed E-state index contributed by atoms with van der Waals surface area (Å²) in [6.45, 7) is 4.86. The Morgan fingerprint density at radius 2 is 1.82 bits per heavy atom. The number of carbonyl (C=O) groups is 2. The summed E-state index contributed by atoms with van der Waals surface area (Å²) in [6, 6.07) is 1.61. The van der Waals surface area contributed by atoms with Gasteiger partial charge in [-0.2, -0.15) is 18.3 Å². The average molecular weight is 551 g/mol. The molecule has 0 saturated carbocycles. The second-order valence-electron chi connectivity index (χ2n) is 9.09. The van der Waals surface area contributed by atoms with E-state index in [4.69, 9.17) is 14.2 Å². The molecule has 208 valence electrons. The van der Waals surface area contributed by atoms with Crippen LogP contribution in [-0.4, -0.2) is 82.0 Å². The van der Waals surface area contributed by atoms with Crippen LogP contribution in [0.25, 0.3) is 28.7 Å². The number of ether oxygens (including phenoxy) is 3. The van der Waals surface area contributed by atoms with Crippen molar-refractivity contribution in [1.82, 2.24) is 44.0 Å². The highest BCUT2D eigenvalue weighted by Crippen LogP contribution is 2.32. The second kappa shape index (κ2) is 10.6. The molecular weight excluding hydrogens is 527 g/mol. The van der Waals surface area contributed by atoms with Crippen molar-refractivity contribution in [2.75, 3.05) is 20.3 Å². The minimum atomic E-state index is -4.72. The van der Waals surface area contributed by atoms with Crippen LogP contribution in [0.5, 0.6) is 0 Å². The quantitative estimate of drug-likeness (QED) is 0.267. The number of fused-ring (bicyclic) bond motifs is 1. The number of alkyl halides is 3. The number of aromatic amines is 1. The van der Waals surface area contributed by atoms with Gasteiger partial charge in [0.05, 0.1) is 6.33 Å². The second-order valence-corrected chi connectivity index (χ2v) is 9.09. The zero-order chi connectivity index (χ0) is 28.4. The highest BCUT2D eigenvalue weighted by Gasteiger charge is 2.36. The number of H-pyrrole nitrogens is 1. The van der Waals surface area contributed by atoms with Gasteiger partial charge in [-0.25, -0.2) is 29.5 Å². The fourth-order valence-corrected chi connectivity index (χ4v) is 3.13. The van der Waals surface area contributed by atoms with Gasteiger partial charge in [-0.05, 0) is 26.8 Å². The van der Waals surface area contributed by atoms with Crippen molar-refractivity contribution < 1.29 is 37.0 Å². The smallest absolute Gasteiger partial charge is 0.446 e. The molecule has 0 spiro atoms. The molecule has 4 rings (SSSR count). The summed E-state index contributed by atoms with van der Waals surface area (Å²) in [4.78, 5) is 41.4. The summed E-state index contributed by atoms with van der Waals surface area (Å²) in [5, 5.41) is 5.52. The number of imidazole rings is 2.